The maximum atomic E-state index is 12.9. The number of rotatable bonds is 9. The molecule has 2 aromatic carbocycles. The molecule has 0 saturated heterocycles. The van der Waals surface area contributed by atoms with Crippen molar-refractivity contribution < 1.29 is 27.7 Å². The number of ether oxygens (including phenoxy) is 1. The number of benzene rings is 2. The summed E-state index contributed by atoms with van der Waals surface area (Å²) in [6.07, 6.45) is -1.23. The number of hydrogen-bond acceptors (Lipinski definition) is 7. The van der Waals surface area contributed by atoms with Gasteiger partial charge in [0, 0.05) is 30.9 Å². The molecule has 0 unspecified atom stereocenters. The minimum atomic E-state index is -3.79. The highest BCUT2D eigenvalue weighted by atomic mass is 32.2. The van der Waals surface area contributed by atoms with Crippen molar-refractivity contribution in [1.29, 1.82) is 0 Å². The number of non-ortho nitro benzene ring substituents is 1. The van der Waals surface area contributed by atoms with E-state index in [1.807, 2.05) is 0 Å². The molecule has 0 aliphatic rings. The smallest absolute Gasteiger partial charge is 0.338 e. The zero-order chi connectivity index (χ0) is 24.1. The van der Waals surface area contributed by atoms with Crippen LogP contribution in [0.5, 0.6) is 0 Å². The normalized spacial score (nSPS) is 12.3. The van der Waals surface area contributed by atoms with E-state index in [0.29, 0.717) is 5.56 Å². The van der Waals surface area contributed by atoms with Crippen LogP contribution in [0.25, 0.3) is 0 Å². The van der Waals surface area contributed by atoms with E-state index in [2.05, 4.69) is 5.32 Å². The number of nitrogens with one attached hydrogen (secondary N) is 1. The Morgan fingerprint density at radius 1 is 1.16 bits per heavy atom. The summed E-state index contributed by atoms with van der Waals surface area (Å²) in [6.45, 7) is 6.96. The summed E-state index contributed by atoms with van der Waals surface area (Å²) in [5.41, 5.74) is 0.435. The molecule has 0 radical (unpaired) electrons. The third kappa shape index (κ3) is 5.68. The maximum Gasteiger partial charge on any atom is 0.338 e. The first-order chi connectivity index (χ1) is 15.0. The molecule has 1 N–H and O–H groups in total. The fourth-order valence-electron chi connectivity index (χ4n) is 2.93. The van der Waals surface area contributed by atoms with Gasteiger partial charge in [-0.2, -0.15) is 4.31 Å². The molecule has 11 heteroatoms. The van der Waals surface area contributed by atoms with Gasteiger partial charge in [-0.15, -0.1) is 0 Å². The number of anilines is 1. The van der Waals surface area contributed by atoms with E-state index in [1.165, 1.54) is 53.7 Å². The molecule has 0 aromatic heterocycles. The van der Waals surface area contributed by atoms with Gasteiger partial charge in [-0.3, -0.25) is 14.9 Å². The standard InChI is InChI=1S/C21H25N3O7S/c1-5-23(6-2)32(29,30)19-12-16(11-10-14(19)3)21(26)31-15(4)20(25)22-17-8-7-9-18(13-17)24(27)28/h7-13,15H,5-6H2,1-4H3,(H,22,25)/t15-/m1/s1. The van der Waals surface area contributed by atoms with Crippen molar-refractivity contribution in [3.63, 3.8) is 0 Å². The summed E-state index contributed by atoms with van der Waals surface area (Å²) >= 11 is 0. The number of carbonyl (C=O) groups is 2. The van der Waals surface area contributed by atoms with E-state index in [4.69, 9.17) is 4.74 Å². The molecule has 1 amide bonds. The van der Waals surface area contributed by atoms with E-state index < -0.39 is 32.9 Å². The van der Waals surface area contributed by atoms with Gasteiger partial charge in [-0.05, 0) is 37.6 Å². The van der Waals surface area contributed by atoms with Crippen LogP contribution in [0, 0.1) is 17.0 Å². The van der Waals surface area contributed by atoms with Crippen molar-refractivity contribution in [2.45, 2.75) is 38.7 Å². The molecule has 32 heavy (non-hydrogen) atoms. The Morgan fingerprint density at radius 3 is 2.41 bits per heavy atom. The van der Waals surface area contributed by atoms with Crippen LogP contribution < -0.4 is 5.32 Å². The van der Waals surface area contributed by atoms with Crippen LogP contribution in [0.2, 0.25) is 0 Å². The van der Waals surface area contributed by atoms with Gasteiger partial charge in [0.1, 0.15) is 0 Å². The lowest BCUT2D eigenvalue weighted by atomic mass is 10.1. The van der Waals surface area contributed by atoms with E-state index in [-0.39, 0.29) is 34.9 Å². The number of amides is 1. The van der Waals surface area contributed by atoms with Crippen molar-refractivity contribution in [1.82, 2.24) is 4.31 Å². The minimum Gasteiger partial charge on any atom is -0.449 e. The lowest BCUT2D eigenvalue weighted by molar-refractivity contribution is -0.384. The Labute approximate surface area is 186 Å². The van der Waals surface area contributed by atoms with Crippen LogP contribution in [0.1, 0.15) is 36.7 Å². The average Bonchev–Trinajstić information content (AvgIpc) is 2.74. The molecule has 2 rings (SSSR count). The molecule has 0 bridgehead atoms. The third-order valence-electron chi connectivity index (χ3n) is 4.72. The number of sulfonamides is 1. The summed E-state index contributed by atoms with van der Waals surface area (Å²) in [6, 6.07) is 9.48. The van der Waals surface area contributed by atoms with E-state index in [9.17, 15) is 28.1 Å². The molecule has 10 nitrogen and oxygen atoms in total. The number of nitrogens with zero attached hydrogens (tertiary/aromatic N) is 2. The molecule has 172 valence electrons. The first kappa shape index (κ1) is 25.0. The van der Waals surface area contributed by atoms with E-state index in [0.717, 1.165) is 0 Å². The fourth-order valence-corrected chi connectivity index (χ4v) is 4.64. The van der Waals surface area contributed by atoms with Crippen molar-refractivity contribution in [2.24, 2.45) is 0 Å². The number of esters is 1. The molecule has 0 heterocycles. The van der Waals surface area contributed by atoms with Crippen LogP contribution in [0.15, 0.2) is 47.4 Å². The predicted molar refractivity (Wildman–Crippen MR) is 118 cm³/mol. The summed E-state index contributed by atoms with van der Waals surface area (Å²) in [7, 11) is -3.79. The zero-order valence-electron chi connectivity index (χ0n) is 18.2. The fraction of sp³-hybridized carbons (Fsp3) is 0.333. The quantitative estimate of drug-likeness (QED) is 0.343. The number of nitro benzene ring substituents is 1. The van der Waals surface area contributed by atoms with Gasteiger partial charge in [0.05, 0.1) is 15.4 Å². The molecule has 0 saturated carbocycles. The second-order valence-corrected chi connectivity index (χ2v) is 8.82. The average molecular weight is 464 g/mol. The van der Waals surface area contributed by atoms with Crippen LogP contribution >= 0.6 is 0 Å². The monoisotopic (exact) mass is 463 g/mol. The second-order valence-electron chi connectivity index (χ2n) is 6.91. The lowest BCUT2D eigenvalue weighted by Gasteiger charge is -2.20. The summed E-state index contributed by atoms with van der Waals surface area (Å²) in [4.78, 5) is 35.2. The highest BCUT2D eigenvalue weighted by Gasteiger charge is 2.26. The summed E-state index contributed by atoms with van der Waals surface area (Å²) in [5.74, 6) is -1.57. The Balaban J connectivity index is 2.17. The lowest BCUT2D eigenvalue weighted by Crippen LogP contribution is -2.32. The number of nitro groups is 1. The van der Waals surface area contributed by atoms with Crippen molar-refractivity contribution in [2.75, 3.05) is 18.4 Å². The summed E-state index contributed by atoms with van der Waals surface area (Å²) in [5, 5.41) is 13.3. The Hall–Kier alpha value is -3.31. The van der Waals surface area contributed by atoms with Gasteiger partial charge in [0.25, 0.3) is 11.6 Å². The zero-order valence-corrected chi connectivity index (χ0v) is 19.0. The van der Waals surface area contributed by atoms with E-state index in [1.54, 1.807) is 20.8 Å². The largest absolute Gasteiger partial charge is 0.449 e. The van der Waals surface area contributed by atoms with Gasteiger partial charge < -0.3 is 10.1 Å². The van der Waals surface area contributed by atoms with E-state index >= 15 is 0 Å². The van der Waals surface area contributed by atoms with Gasteiger partial charge in [-0.25, -0.2) is 13.2 Å². The van der Waals surface area contributed by atoms with Crippen LogP contribution in [-0.2, 0) is 19.6 Å². The van der Waals surface area contributed by atoms with Crippen molar-refractivity contribution >= 4 is 33.3 Å². The van der Waals surface area contributed by atoms with Crippen LogP contribution in [0.4, 0.5) is 11.4 Å². The molecule has 2 aromatic rings. The Kier molecular flexibility index (Phi) is 8.06. The number of hydrogen-bond donors (Lipinski definition) is 1. The molecule has 0 aliphatic heterocycles. The molecule has 0 fully saturated rings. The molecule has 1 atom stereocenters. The van der Waals surface area contributed by atoms with Gasteiger partial charge in [-0.1, -0.05) is 26.0 Å². The predicted octanol–water partition coefficient (Wildman–Crippen LogP) is 3.12. The van der Waals surface area contributed by atoms with Crippen LogP contribution in [0.3, 0.4) is 0 Å². The van der Waals surface area contributed by atoms with Crippen molar-refractivity contribution in [3.8, 4) is 0 Å². The van der Waals surface area contributed by atoms with Gasteiger partial charge in [0.2, 0.25) is 10.0 Å². The highest BCUT2D eigenvalue weighted by molar-refractivity contribution is 7.89. The summed E-state index contributed by atoms with van der Waals surface area (Å²) < 4.78 is 32.2. The Morgan fingerprint density at radius 2 is 1.81 bits per heavy atom. The van der Waals surface area contributed by atoms with Gasteiger partial charge in [0.15, 0.2) is 6.10 Å². The second kappa shape index (κ2) is 10.3. The van der Waals surface area contributed by atoms with Gasteiger partial charge >= 0.3 is 5.97 Å². The Bertz CT molecular complexity index is 1130. The first-order valence-electron chi connectivity index (χ1n) is 9.88. The molecule has 0 aliphatic carbocycles. The third-order valence-corrected chi connectivity index (χ3v) is 6.92. The van der Waals surface area contributed by atoms with Crippen LogP contribution in [-0.4, -0.2) is 48.7 Å². The topological polar surface area (TPSA) is 136 Å². The SMILES string of the molecule is CCN(CC)S(=O)(=O)c1cc(C(=O)O[C@H](C)C(=O)Nc2cccc([N+](=O)[O-])c2)ccc1C. The molecule has 0 spiro atoms. The maximum absolute atomic E-state index is 12.9. The minimum absolute atomic E-state index is 0.00986. The van der Waals surface area contributed by atoms with Crippen molar-refractivity contribution in [3.05, 3.63) is 63.7 Å². The molecular formula is C21H25N3O7S. The number of carbonyl (C=O) groups excluding carboxylic acids is 2. The number of aryl methyl sites for hydroxylation is 1. The molecular weight excluding hydrogens is 438 g/mol. The highest BCUT2D eigenvalue weighted by Crippen LogP contribution is 2.22. The first-order valence-corrected chi connectivity index (χ1v) is 11.3.